The van der Waals surface area contributed by atoms with Crippen molar-refractivity contribution in [2.24, 2.45) is 0 Å². The van der Waals surface area contributed by atoms with Crippen LogP contribution in [0.1, 0.15) is 32.9 Å². The van der Waals surface area contributed by atoms with E-state index in [2.05, 4.69) is 35.3 Å². The third kappa shape index (κ3) is 7.36. The minimum Gasteiger partial charge on any atom is -0.341 e. The van der Waals surface area contributed by atoms with Crippen LogP contribution in [-0.4, -0.2) is 59.3 Å². The van der Waals surface area contributed by atoms with E-state index in [1.807, 2.05) is 41.5 Å². The van der Waals surface area contributed by atoms with Crippen LogP contribution in [0.15, 0.2) is 29.6 Å². The minimum absolute atomic E-state index is 0.217. The summed E-state index contributed by atoms with van der Waals surface area (Å²) in [6.07, 6.45) is 2.61. The van der Waals surface area contributed by atoms with Crippen LogP contribution >= 0.6 is 34.5 Å². The number of nitrogens with zero attached hydrogens (tertiary/aromatic N) is 3. The summed E-state index contributed by atoms with van der Waals surface area (Å²) in [7, 11) is 0. The average Bonchev–Trinajstić information content (AvgIpc) is 3.35. The van der Waals surface area contributed by atoms with Crippen LogP contribution in [0.4, 0.5) is 0 Å². The van der Waals surface area contributed by atoms with Gasteiger partial charge in [-0.1, -0.05) is 43.6 Å². The van der Waals surface area contributed by atoms with Gasteiger partial charge in [-0.2, -0.15) is 0 Å². The van der Waals surface area contributed by atoms with Gasteiger partial charge >= 0.3 is 0 Å². The number of halogens is 2. The molecule has 1 aromatic carbocycles. The number of benzene rings is 1. The highest BCUT2D eigenvalue weighted by Gasteiger charge is 2.27. The van der Waals surface area contributed by atoms with Gasteiger partial charge < -0.3 is 4.90 Å². The van der Waals surface area contributed by atoms with Gasteiger partial charge in [-0.25, -0.2) is 4.98 Å². The highest BCUT2D eigenvalue weighted by molar-refractivity contribution is 7.13. The molecule has 1 amide bonds. The molecule has 0 spiro atoms. The Morgan fingerprint density at radius 2 is 1.93 bits per heavy atom. The van der Waals surface area contributed by atoms with Gasteiger partial charge in [0.1, 0.15) is 5.01 Å². The van der Waals surface area contributed by atoms with E-state index in [0.717, 1.165) is 53.9 Å². The summed E-state index contributed by atoms with van der Waals surface area (Å²) in [4.78, 5) is 19.9. The van der Waals surface area contributed by atoms with Gasteiger partial charge in [0.25, 0.3) is 0 Å². The first-order chi connectivity index (χ1) is 13.5. The number of aryl methyl sites for hydroxylation is 1. The van der Waals surface area contributed by atoms with Gasteiger partial charge in [0.05, 0.1) is 5.02 Å². The second-order valence-electron chi connectivity index (χ2n) is 6.40. The number of likely N-dealkylation sites (N-methyl/N-ethyl adjacent to an activating group) is 1. The Kier molecular flexibility index (Phi) is 11.7. The predicted octanol–water partition coefficient (Wildman–Crippen LogP) is 5.58. The maximum absolute atomic E-state index is 11.1. The molecule has 1 fully saturated rings. The Hall–Kier alpha value is -1.14. The molecule has 0 saturated carbocycles. The number of alkyl halides is 1. The van der Waals surface area contributed by atoms with Gasteiger partial charge in [0, 0.05) is 49.1 Å². The molecule has 1 saturated heterocycles. The van der Waals surface area contributed by atoms with Gasteiger partial charge in [-0.05, 0) is 32.5 Å². The van der Waals surface area contributed by atoms with E-state index in [9.17, 15) is 4.79 Å². The zero-order chi connectivity index (χ0) is 21.1. The largest absolute Gasteiger partial charge is 0.341 e. The van der Waals surface area contributed by atoms with Crippen molar-refractivity contribution in [3.05, 3.63) is 40.4 Å². The Bertz CT molecular complexity index is 719. The normalized spacial score (nSPS) is 15.6. The van der Waals surface area contributed by atoms with E-state index in [-0.39, 0.29) is 5.91 Å². The van der Waals surface area contributed by atoms with E-state index in [1.165, 1.54) is 6.38 Å². The molecule has 0 bridgehead atoms. The number of thiazole rings is 1. The summed E-state index contributed by atoms with van der Waals surface area (Å²) in [6.45, 7) is 12.1. The molecular weight excluding hydrogens is 413 g/mol. The molecule has 1 aliphatic heterocycles. The summed E-state index contributed by atoms with van der Waals surface area (Å²) < 4.78 is 0. The van der Waals surface area contributed by atoms with Gasteiger partial charge in [-0.15, -0.1) is 22.9 Å². The molecule has 7 heteroatoms. The lowest BCUT2D eigenvalue weighted by Gasteiger charge is -2.25. The second-order valence-corrected chi connectivity index (χ2v) is 7.67. The maximum Gasteiger partial charge on any atom is 0.219 e. The monoisotopic (exact) mass is 443 g/mol. The molecular formula is C21H31Cl2N3OS. The molecule has 2 aromatic rings. The second kappa shape index (κ2) is 13.2. The van der Waals surface area contributed by atoms with Crippen molar-refractivity contribution in [2.45, 2.75) is 40.2 Å². The average molecular weight is 444 g/mol. The van der Waals surface area contributed by atoms with E-state index in [0.29, 0.717) is 6.04 Å². The van der Waals surface area contributed by atoms with E-state index in [4.69, 9.17) is 11.6 Å². The number of carbonyl (C=O) groups excluding carboxylic acids is 1. The van der Waals surface area contributed by atoms with Crippen molar-refractivity contribution < 1.29 is 4.79 Å². The summed E-state index contributed by atoms with van der Waals surface area (Å²) in [5.74, 6) is 0.217. The molecule has 1 aromatic heterocycles. The fraction of sp³-hybridized carbons (Fsp3) is 0.524. The number of rotatable bonds is 4. The van der Waals surface area contributed by atoms with E-state index >= 15 is 0 Å². The first-order valence-corrected chi connectivity index (χ1v) is 11.5. The molecule has 2 heterocycles. The van der Waals surface area contributed by atoms with Crippen LogP contribution in [0.3, 0.4) is 0 Å². The number of likely N-dealkylation sites (tertiary alicyclic amines) is 1. The number of hydrogen-bond donors (Lipinski definition) is 0. The molecule has 1 unspecified atom stereocenters. The number of carbonyl (C=O) groups is 1. The van der Waals surface area contributed by atoms with Gasteiger partial charge in [0.15, 0.2) is 0 Å². The van der Waals surface area contributed by atoms with Crippen molar-refractivity contribution in [3.8, 4) is 10.6 Å². The van der Waals surface area contributed by atoms with Crippen LogP contribution in [0.25, 0.3) is 10.6 Å². The first-order valence-electron chi connectivity index (χ1n) is 9.50. The van der Waals surface area contributed by atoms with Crippen molar-refractivity contribution in [1.82, 2.24) is 14.8 Å². The van der Waals surface area contributed by atoms with Gasteiger partial charge in [-0.3, -0.25) is 9.69 Å². The molecule has 3 rings (SSSR count). The minimum atomic E-state index is 0.217. The quantitative estimate of drug-likeness (QED) is 0.578. The van der Waals surface area contributed by atoms with Crippen molar-refractivity contribution in [2.75, 3.05) is 32.6 Å². The van der Waals surface area contributed by atoms with Crippen LogP contribution in [0, 0.1) is 6.92 Å². The molecule has 156 valence electrons. The molecule has 1 atom stereocenters. The van der Waals surface area contributed by atoms with Crippen molar-refractivity contribution in [3.63, 3.8) is 0 Å². The van der Waals surface area contributed by atoms with E-state index < -0.39 is 0 Å². The number of amides is 1. The zero-order valence-electron chi connectivity index (χ0n) is 17.4. The number of aromatic nitrogens is 1. The van der Waals surface area contributed by atoms with Crippen LogP contribution in [0.5, 0.6) is 0 Å². The lowest BCUT2D eigenvalue weighted by molar-refractivity contribution is -0.127. The van der Waals surface area contributed by atoms with Crippen molar-refractivity contribution in [1.29, 1.82) is 0 Å². The fourth-order valence-corrected chi connectivity index (χ4v) is 4.30. The lowest BCUT2D eigenvalue weighted by Crippen LogP contribution is -2.38. The summed E-state index contributed by atoms with van der Waals surface area (Å²) in [5, 5.41) is 3.78. The highest BCUT2D eigenvalue weighted by Crippen LogP contribution is 2.29. The van der Waals surface area contributed by atoms with Crippen LogP contribution in [0.2, 0.25) is 5.02 Å². The maximum atomic E-state index is 11.1. The third-order valence-corrected chi connectivity index (χ3v) is 5.98. The Morgan fingerprint density at radius 3 is 2.39 bits per heavy atom. The van der Waals surface area contributed by atoms with Gasteiger partial charge in [0.2, 0.25) is 5.91 Å². The smallest absolute Gasteiger partial charge is 0.219 e. The molecule has 0 radical (unpaired) electrons. The molecule has 28 heavy (non-hydrogen) atoms. The molecule has 4 nitrogen and oxygen atoms in total. The Balaban J connectivity index is 0.000000257. The zero-order valence-corrected chi connectivity index (χ0v) is 19.7. The van der Waals surface area contributed by atoms with E-state index in [1.54, 1.807) is 18.3 Å². The van der Waals surface area contributed by atoms with Crippen LogP contribution < -0.4 is 0 Å². The summed E-state index contributed by atoms with van der Waals surface area (Å²) in [5.41, 5.74) is 2.06. The SMILES string of the molecule is CCN(CC)C1CCN(C(C)=O)C1.CCl.Cc1csc(-c2ccccc2Cl)n1. The third-order valence-electron chi connectivity index (χ3n) is 4.66. The predicted molar refractivity (Wildman–Crippen MR) is 123 cm³/mol. The molecule has 0 aliphatic carbocycles. The molecule has 1 aliphatic rings. The summed E-state index contributed by atoms with van der Waals surface area (Å²) >= 11 is 12.3. The topological polar surface area (TPSA) is 36.4 Å². The Labute approximate surface area is 183 Å². The standard InChI is InChI=1S/C10H8ClNS.C10H20N2O.CH3Cl/c1-7-6-13-10(12-7)8-4-2-3-5-9(8)11;1-4-11(5-2)10-6-7-12(8-10)9(3)13;1-2/h2-6H,1H3;10H,4-8H2,1-3H3;1H3. The first kappa shape index (κ1) is 24.9. The fourth-order valence-electron chi connectivity index (χ4n) is 3.18. The Morgan fingerprint density at radius 1 is 1.29 bits per heavy atom. The lowest BCUT2D eigenvalue weighted by atomic mass is 10.2. The highest BCUT2D eigenvalue weighted by atomic mass is 35.5. The summed E-state index contributed by atoms with van der Waals surface area (Å²) in [6, 6.07) is 8.36. The number of hydrogen-bond acceptors (Lipinski definition) is 4. The van der Waals surface area contributed by atoms with Crippen molar-refractivity contribution >= 4 is 40.4 Å². The molecule has 0 N–H and O–H groups in total. The van der Waals surface area contributed by atoms with Crippen LogP contribution in [-0.2, 0) is 4.79 Å².